The van der Waals surface area contributed by atoms with Crippen molar-refractivity contribution in [3.05, 3.63) is 78.2 Å². The summed E-state index contributed by atoms with van der Waals surface area (Å²) in [5, 5.41) is 0. The molecule has 0 N–H and O–H groups in total. The number of amides is 1. The van der Waals surface area contributed by atoms with E-state index in [-0.39, 0.29) is 11.8 Å². The summed E-state index contributed by atoms with van der Waals surface area (Å²) in [6.45, 7) is 1.51. The SMILES string of the molecule is COc1cccc(-c2cncc(C3CCCN(C(=O)Cc4ccccc4)C3)n2)c1. The lowest BCUT2D eigenvalue weighted by atomic mass is 9.94. The largest absolute Gasteiger partial charge is 0.497 e. The normalized spacial score (nSPS) is 16.4. The number of nitrogens with zero attached hydrogens (tertiary/aromatic N) is 3. The summed E-state index contributed by atoms with van der Waals surface area (Å²) in [6, 6.07) is 17.8. The molecule has 1 saturated heterocycles. The summed E-state index contributed by atoms with van der Waals surface area (Å²) in [6.07, 6.45) is 6.06. The number of piperidine rings is 1. The smallest absolute Gasteiger partial charge is 0.227 e. The van der Waals surface area contributed by atoms with Crippen molar-refractivity contribution in [3.8, 4) is 17.0 Å². The minimum atomic E-state index is 0.179. The highest BCUT2D eigenvalue weighted by Crippen LogP contribution is 2.28. The molecule has 0 radical (unpaired) electrons. The van der Waals surface area contributed by atoms with Crippen molar-refractivity contribution in [3.63, 3.8) is 0 Å². The molecule has 3 aromatic rings. The van der Waals surface area contributed by atoms with Gasteiger partial charge in [0.25, 0.3) is 0 Å². The summed E-state index contributed by atoms with van der Waals surface area (Å²) in [4.78, 5) is 24.0. The van der Waals surface area contributed by atoms with Gasteiger partial charge in [0.15, 0.2) is 0 Å². The van der Waals surface area contributed by atoms with Gasteiger partial charge in [-0.15, -0.1) is 0 Å². The van der Waals surface area contributed by atoms with Crippen LogP contribution in [-0.2, 0) is 11.2 Å². The summed E-state index contributed by atoms with van der Waals surface area (Å²) in [7, 11) is 1.66. The zero-order valence-corrected chi connectivity index (χ0v) is 16.6. The maximum absolute atomic E-state index is 12.8. The number of aromatic nitrogens is 2. The van der Waals surface area contributed by atoms with E-state index in [1.807, 2.05) is 65.7 Å². The van der Waals surface area contributed by atoms with Crippen molar-refractivity contribution >= 4 is 5.91 Å². The van der Waals surface area contributed by atoms with Gasteiger partial charge >= 0.3 is 0 Å². The number of likely N-dealkylation sites (tertiary alicyclic amines) is 1. The van der Waals surface area contributed by atoms with Gasteiger partial charge in [-0.25, -0.2) is 4.98 Å². The molecule has 2 heterocycles. The van der Waals surface area contributed by atoms with Crippen molar-refractivity contribution in [2.45, 2.75) is 25.2 Å². The van der Waals surface area contributed by atoms with Crippen molar-refractivity contribution in [1.82, 2.24) is 14.9 Å². The van der Waals surface area contributed by atoms with Gasteiger partial charge in [0.2, 0.25) is 5.91 Å². The first-order valence-corrected chi connectivity index (χ1v) is 10.0. The fourth-order valence-electron chi connectivity index (χ4n) is 3.83. The molecule has 1 atom stereocenters. The lowest BCUT2D eigenvalue weighted by molar-refractivity contribution is -0.131. The molecule has 4 rings (SSSR count). The molecule has 0 spiro atoms. The molecule has 0 aliphatic carbocycles. The number of hydrogen-bond donors (Lipinski definition) is 0. The number of hydrogen-bond acceptors (Lipinski definition) is 4. The average Bonchev–Trinajstić information content (AvgIpc) is 2.80. The van der Waals surface area contributed by atoms with Gasteiger partial charge in [0.05, 0.1) is 31.1 Å². The number of methoxy groups -OCH3 is 1. The van der Waals surface area contributed by atoms with Crippen LogP contribution >= 0.6 is 0 Å². The lowest BCUT2D eigenvalue weighted by Gasteiger charge is -2.32. The second-order valence-electron chi connectivity index (χ2n) is 7.40. The van der Waals surface area contributed by atoms with E-state index in [1.165, 1.54) is 0 Å². The molecule has 1 unspecified atom stereocenters. The van der Waals surface area contributed by atoms with Crippen LogP contribution in [0, 0.1) is 0 Å². The summed E-state index contributed by atoms with van der Waals surface area (Å²) in [5.74, 6) is 1.18. The Labute approximate surface area is 171 Å². The Morgan fingerprint density at radius 1 is 1.14 bits per heavy atom. The summed E-state index contributed by atoms with van der Waals surface area (Å²) < 4.78 is 5.32. The van der Waals surface area contributed by atoms with E-state index < -0.39 is 0 Å². The third-order valence-electron chi connectivity index (χ3n) is 5.41. The molecule has 1 aliphatic rings. The first kappa shape index (κ1) is 19.1. The second kappa shape index (κ2) is 8.86. The molecule has 5 heteroatoms. The molecule has 0 saturated carbocycles. The quantitative estimate of drug-likeness (QED) is 0.661. The van der Waals surface area contributed by atoms with Gasteiger partial charge in [-0.3, -0.25) is 9.78 Å². The zero-order chi connectivity index (χ0) is 20.1. The first-order valence-electron chi connectivity index (χ1n) is 10.0. The monoisotopic (exact) mass is 387 g/mol. The molecule has 1 amide bonds. The molecule has 1 fully saturated rings. The standard InChI is InChI=1S/C24H25N3O2/c1-29-21-11-5-9-19(14-21)22-15-25-16-23(26-22)20-10-6-12-27(17-20)24(28)13-18-7-3-2-4-8-18/h2-5,7-9,11,14-16,20H,6,10,12-13,17H2,1H3. The fourth-order valence-corrected chi connectivity index (χ4v) is 3.83. The molecule has 29 heavy (non-hydrogen) atoms. The van der Waals surface area contributed by atoms with Crippen LogP contribution in [0.5, 0.6) is 5.75 Å². The minimum absolute atomic E-state index is 0.179. The third kappa shape index (κ3) is 4.62. The predicted molar refractivity (Wildman–Crippen MR) is 113 cm³/mol. The van der Waals surface area contributed by atoms with E-state index in [0.717, 1.165) is 47.7 Å². The Morgan fingerprint density at radius 2 is 2.00 bits per heavy atom. The number of benzene rings is 2. The van der Waals surface area contributed by atoms with Crippen LogP contribution in [-0.4, -0.2) is 41.0 Å². The average molecular weight is 387 g/mol. The third-order valence-corrected chi connectivity index (χ3v) is 5.41. The maximum atomic E-state index is 12.8. The van der Waals surface area contributed by atoms with Crippen molar-refractivity contribution in [2.75, 3.05) is 20.2 Å². The topological polar surface area (TPSA) is 55.3 Å². The number of carbonyl (C=O) groups is 1. The molecule has 2 aromatic carbocycles. The predicted octanol–water partition coefficient (Wildman–Crippen LogP) is 4.10. The molecule has 5 nitrogen and oxygen atoms in total. The van der Waals surface area contributed by atoms with Gasteiger partial charge < -0.3 is 9.64 Å². The van der Waals surface area contributed by atoms with Crippen molar-refractivity contribution in [1.29, 1.82) is 0 Å². The van der Waals surface area contributed by atoms with Crippen LogP contribution in [0.25, 0.3) is 11.3 Å². The van der Waals surface area contributed by atoms with Crippen molar-refractivity contribution < 1.29 is 9.53 Å². The molecule has 0 bridgehead atoms. The highest BCUT2D eigenvalue weighted by molar-refractivity contribution is 5.79. The highest BCUT2D eigenvalue weighted by atomic mass is 16.5. The van der Waals surface area contributed by atoms with Gasteiger partial charge in [-0.1, -0.05) is 42.5 Å². The van der Waals surface area contributed by atoms with E-state index in [9.17, 15) is 4.79 Å². The molecule has 1 aromatic heterocycles. The summed E-state index contributed by atoms with van der Waals surface area (Å²) >= 11 is 0. The van der Waals surface area contributed by atoms with Crippen molar-refractivity contribution in [2.24, 2.45) is 0 Å². The van der Waals surface area contributed by atoms with Gasteiger partial charge in [-0.05, 0) is 30.5 Å². The number of carbonyl (C=O) groups excluding carboxylic acids is 1. The summed E-state index contributed by atoms with van der Waals surface area (Å²) in [5.41, 5.74) is 3.81. The Morgan fingerprint density at radius 3 is 2.83 bits per heavy atom. The zero-order valence-electron chi connectivity index (χ0n) is 16.6. The number of ether oxygens (including phenoxy) is 1. The maximum Gasteiger partial charge on any atom is 0.227 e. The van der Waals surface area contributed by atoms with Gasteiger partial charge in [0.1, 0.15) is 5.75 Å². The molecule has 1 aliphatic heterocycles. The second-order valence-corrected chi connectivity index (χ2v) is 7.40. The van der Waals surface area contributed by atoms with Gasteiger partial charge in [-0.2, -0.15) is 0 Å². The first-order chi connectivity index (χ1) is 14.2. The lowest BCUT2D eigenvalue weighted by Crippen LogP contribution is -2.40. The van der Waals surface area contributed by atoms with E-state index in [0.29, 0.717) is 13.0 Å². The van der Waals surface area contributed by atoms with E-state index in [1.54, 1.807) is 13.3 Å². The van der Waals surface area contributed by atoms with Crippen LogP contribution in [0.4, 0.5) is 0 Å². The van der Waals surface area contributed by atoms with Crippen LogP contribution in [0.2, 0.25) is 0 Å². The fraction of sp³-hybridized carbons (Fsp3) is 0.292. The van der Waals surface area contributed by atoms with Crippen LogP contribution in [0.1, 0.15) is 30.0 Å². The van der Waals surface area contributed by atoms with Crippen LogP contribution < -0.4 is 4.74 Å². The molecular weight excluding hydrogens is 362 g/mol. The Hall–Kier alpha value is -3.21. The Kier molecular flexibility index (Phi) is 5.84. The minimum Gasteiger partial charge on any atom is -0.497 e. The Balaban J connectivity index is 1.49. The number of rotatable bonds is 5. The van der Waals surface area contributed by atoms with Crippen LogP contribution in [0.15, 0.2) is 67.0 Å². The van der Waals surface area contributed by atoms with E-state index in [4.69, 9.17) is 9.72 Å². The van der Waals surface area contributed by atoms with E-state index >= 15 is 0 Å². The van der Waals surface area contributed by atoms with E-state index in [2.05, 4.69) is 4.98 Å². The highest BCUT2D eigenvalue weighted by Gasteiger charge is 2.26. The Bertz CT molecular complexity index is 975. The molecular formula is C24H25N3O2. The van der Waals surface area contributed by atoms with Gasteiger partial charge in [0, 0.05) is 30.8 Å². The van der Waals surface area contributed by atoms with Crippen LogP contribution in [0.3, 0.4) is 0 Å². The molecule has 148 valence electrons.